The van der Waals surface area contributed by atoms with Gasteiger partial charge in [-0.2, -0.15) is 0 Å². The minimum absolute atomic E-state index is 0.209. The Morgan fingerprint density at radius 3 is 2.15 bits per heavy atom. The molecule has 20 heavy (non-hydrogen) atoms. The van der Waals surface area contributed by atoms with Crippen molar-refractivity contribution in [3.63, 3.8) is 0 Å². The first-order valence-corrected chi connectivity index (χ1v) is 6.65. The molecule has 5 heteroatoms. The van der Waals surface area contributed by atoms with Gasteiger partial charge in [-0.1, -0.05) is 0 Å². The molecule has 1 aliphatic heterocycles. The summed E-state index contributed by atoms with van der Waals surface area (Å²) in [5, 5.41) is 0. The van der Waals surface area contributed by atoms with Crippen LogP contribution in [0, 0.1) is 0 Å². The van der Waals surface area contributed by atoms with Crippen LogP contribution in [-0.4, -0.2) is 42.6 Å². The van der Waals surface area contributed by atoms with E-state index in [1.165, 1.54) is 24.1 Å². The number of carbonyl (C=O) groups is 3. The average Bonchev–Trinajstić information content (AvgIpc) is 2.53. The van der Waals surface area contributed by atoms with Crippen molar-refractivity contribution in [2.75, 3.05) is 20.2 Å². The maximum absolute atomic E-state index is 12.0. The molecule has 0 radical (unpaired) electrons. The highest BCUT2D eigenvalue weighted by Gasteiger charge is 2.29. The third-order valence-corrected chi connectivity index (χ3v) is 3.40. The van der Waals surface area contributed by atoms with Crippen LogP contribution in [-0.2, 0) is 9.59 Å². The number of ether oxygens (including phenoxy) is 1. The molecule has 1 aromatic rings. The molecule has 0 spiro atoms. The molecular weight excluding hydrogens is 258 g/mol. The van der Waals surface area contributed by atoms with Gasteiger partial charge in [0.15, 0.2) is 0 Å². The average molecular weight is 275 g/mol. The summed E-state index contributed by atoms with van der Waals surface area (Å²) >= 11 is 0. The molecule has 1 amide bonds. The Kier molecular flexibility index (Phi) is 4.50. The topological polar surface area (TPSA) is 63.7 Å². The summed E-state index contributed by atoms with van der Waals surface area (Å²) in [5.41, 5.74) is 0.209. The standard InChI is InChI=1S/C15H17NO4/c1-20-12-7-5-11(6-8-12)13(17)14(18)15(19)16-9-3-2-4-10-16/h5-8H,2-4,9-10H2,1H3. The summed E-state index contributed by atoms with van der Waals surface area (Å²) in [6, 6.07) is 6.16. The predicted octanol–water partition coefficient (Wildman–Crippen LogP) is 1.46. The first kappa shape index (κ1) is 14.2. The van der Waals surface area contributed by atoms with Gasteiger partial charge in [0.05, 0.1) is 7.11 Å². The second-order valence-corrected chi connectivity index (χ2v) is 4.74. The van der Waals surface area contributed by atoms with Crippen LogP contribution in [0.25, 0.3) is 0 Å². The van der Waals surface area contributed by atoms with Crippen molar-refractivity contribution in [3.8, 4) is 5.75 Å². The van der Waals surface area contributed by atoms with Crippen molar-refractivity contribution in [2.45, 2.75) is 19.3 Å². The lowest BCUT2D eigenvalue weighted by Gasteiger charge is -2.25. The van der Waals surface area contributed by atoms with Crippen LogP contribution < -0.4 is 4.74 Å². The van der Waals surface area contributed by atoms with Gasteiger partial charge in [0.2, 0.25) is 5.78 Å². The maximum atomic E-state index is 12.0. The molecule has 1 fully saturated rings. The predicted molar refractivity (Wildman–Crippen MR) is 72.8 cm³/mol. The highest BCUT2D eigenvalue weighted by atomic mass is 16.5. The van der Waals surface area contributed by atoms with Crippen LogP contribution in [0.5, 0.6) is 5.75 Å². The summed E-state index contributed by atoms with van der Waals surface area (Å²) in [7, 11) is 1.52. The van der Waals surface area contributed by atoms with Gasteiger partial charge in [0, 0.05) is 18.7 Å². The van der Waals surface area contributed by atoms with Gasteiger partial charge < -0.3 is 9.64 Å². The van der Waals surface area contributed by atoms with Crippen molar-refractivity contribution in [2.24, 2.45) is 0 Å². The van der Waals surface area contributed by atoms with Gasteiger partial charge in [-0.15, -0.1) is 0 Å². The van der Waals surface area contributed by atoms with E-state index in [9.17, 15) is 14.4 Å². The Morgan fingerprint density at radius 2 is 1.60 bits per heavy atom. The molecule has 1 aromatic carbocycles. The largest absolute Gasteiger partial charge is 0.497 e. The fourth-order valence-corrected chi connectivity index (χ4v) is 2.21. The molecule has 0 aliphatic carbocycles. The van der Waals surface area contributed by atoms with E-state index in [0.29, 0.717) is 18.8 Å². The molecule has 0 unspecified atom stereocenters. The van der Waals surface area contributed by atoms with Crippen LogP contribution in [0.15, 0.2) is 24.3 Å². The minimum Gasteiger partial charge on any atom is -0.497 e. The number of methoxy groups -OCH3 is 1. The molecule has 0 N–H and O–H groups in total. The monoisotopic (exact) mass is 275 g/mol. The first-order valence-electron chi connectivity index (χ1n) is 6.65. The van der Waals surface area contributed by atoms with E-state index in [0.717, 1.165) is 19.3 Å². The molecule has 0 bridgehead atoms. The number of benzene rings is 1. The third kappa shape index (κ3) is 3.04. The Hall–Kier alpha value is -2.17. The molecule has 0 aromatic heterocycles. The summed E-state index contributed by atoms with van der Waals surface area (Å²) < 4.78 is 4.98. The number of Topliss-reactive ketones (excluding diaryl/α,β-unsaturated/α-hetero) is 2. The van der Waals surface area contributed by atoms with Crippen LogP contribution in [0.1, 0.15) is 29.6 Å². The Balaban J connectivity index is 2.06. The van der Waals surface area contributed by atoms with Crippen molar-refractivity contribution in [1.82, 2.24) is 4.90 Å². The minimum atomic E-state index is -0.961. The lowest BCUT2D eigenvalue weighted by atomic mass is 10.0. The number of hydrogen-bond acceptors (Lipinski definition) is 4. The van der Waals surface area contributed by atoms with Crippen molar-refractivity contribution in [3.05, 3.63) is 29.8 Å². The molecule has 1 aliphatic rings. The van der Waals surface area contributed by atoms with Crippen LogP contribution in [0.2, 0.25) is 0 Å². The van der Waals surface area contributed by atoms with E-state index >= 15 is 0 Å². The number of piperidine rings is 1. The van der Waals surface area contributed by atoms with Gasteiger partial charge in [-0.3, -0.25) is 14.4 Å². The first-order chi connectivity index (χ1) is 9.63. The zero-order chi connectivity index (χ0) is 14.5. The van der Waals surface area contributed by atoms with E-state index < -0.39 is 17.5 Å². The summed E-state index contributed by atoms with van der Waals surface area (Å²) in [6.45, 7) is 1.11. The number of hydrogen-bond donors (Lipinski definition) is 0. The molecule has 0 atom stereocenters. The smallest absolute Gasteiger partial charge is 0.298 e. The number of amides is 1. The summed E-state index contributed by atoms with van der Waals surface area (Å²) in [5.74, 6) is -1.82. The van der Waals surface area contributed by atoms with Crippen molar-refractivity contribution >= 4 is 17.5 Å². The number of ketones is 2. The van der Waals surface area contributed by atoms with Crippen LogP contribution >= 0.6 is 0 Å². The van der Waals surface area contributed by atoms with Crippen LogP contribution in [0.4, 0.5) is 0 Å². The fraction of sp³-hybridized carbons (Fsp3) is 0.400. The maximum Gasteiger partial charge on any atom is 0.298 e. The lowest BCUT2D eigenvalue weighted by Crippen LogP contribution is -2.42. The second kappa shape index (κ2) is 6.32. The van der Waals surface area contributed by atoms with E-state index in [1.807, 2.05) is 0 Å². The number of likely N-dealkylation sites (tertiary alicyclic amines) is 1. The van der Waals surface area contributed by atoms with Crippen molar-refractivity contribution in [1.29, 1.82) is 0 Å². The second-order valence-electron chi connectivity index (χ2n) is 4.74. The van der Waals surface area contributed by atoms with E-state index in [2.05, 4.69) is 0 Å². The van der Waals surface area contributed by atoms with E-state index in [-0.39, 0.29) is 5.56 Å². The lowest BCUT2D eigenvalue weighted by molar-refractivity contribution is -0.142. The van der Waals surface area contributed by atoms with Gasteiger partial charge in [-0.05, 0) is 43.5 Å². The molecule has 1 heterocycles. The molecule has 1 saturated heterocycles. The SMILES string of the molecule is COc1ccc(C(=O)C(=O)C(=O)N2CCCCC2)cc1. The Labute approximate surface area is 117 Å². The normalized spacial score (nSPS) is 14.8. The number of nitrogens with zero attached hydrogens (tertiary/aromatic N) is 1. The highest BCUT2D eigenvalue weighted by molar-refractivity contribution is 6.66. The Morgan fingerprint density at radius 1 is 1.00 bits per heavy atom. The number of carbonyl (C=O) groups excluding carboxylic acids is 3. The quantitative estimate of drug-likeness (QED) is 0.474. The third-order valence-electron chi connectivity index (χ3n) is 3.40. The Bertz CT molecular complexity index is 515. The van der Waals surface area contributed by atoms with Crippen LogP contribution in [0.3, 0.4) is 0 Å². The van der Waals surface area contributed by atoms with Gasteiger partial charge in [0.25, 0.3) is 11.7 Å². The molecule has 2 rings (SSSR count). The van der Waals surface area contributed by atoms with Crippen molar-refractivity contribution < 1.29 is 19.1 Å². The molecule has 0 saturated carbocycles. The zero-order valence-corrected chi connectivity index (χ0v) is 11.4. The summed E-state index contributed by atoms with van der Waals surface area (Å²) in [6.07, 6.45) is 2.83. The van der Waals surface area contributed by atoms with E-state index in [4.69, 9.17) is 4.74 Å². The summed E-state index contributed by atoms with van der Waals surface area (Å²) in [4.78, 5) is 37.3. The van der Waals surface area contributed by atoms with E-state index in [1.54, 1.807) is 12.1 Å². The molecule has 5 nitrogen and oxygen atoms in total. The number of rotatable bonds is 4. The van der Waals surface area contributed by atoms with Gasteiger partial charge >= 0.3 is 0 Å². The zero-order valence-electron chi connectivity index (χ0n) is 11.4. The van der Waals surface area contributed by atoms with Gasteiger partial charge in [0.1, 0.15) is 5.75 Å². The molecule has 106 valence electrons. The fourth-order valence-electron chi connectivity index (χ4n) is 2.21. The molecular formula is C15H17NO4. The van der Waals surface area contributed by atoms with Gasteiger partial charge in [-0.25, -0.2) is 0 Å². The highest BCUT2D eigenvalue weighted by Crippen LogP contribution is 2.13.